The highest BCUT2D eigenvalue weighted by atomic mass is 16.6. The smallest absolute Gasteiger partial charge is 0.312 e. The van der Waals surface area contributed by atoms with E-state index in [1.807, 2.05) is 132 Å². The van der Waals surface area contributed by atoms with Gasteiger partial charge in [-0.15, -0.1) is 0 Å². The number of ether oxygens (including phenoxy) is 10. The molecule has 16 saturated carbocycles. The molecule has 20 atom stereocenters. The highest BCUT2D eigenvalue weighted by Gasteiger charge is 2.74. The minimum atomic E-state index is -0.614. The Hall–Kier alpha value is -5.30. The molecule has 808 valence electrons. The van der Waals surface area contributed by atoms with E-state index in [2.05, 4.69) is 48.5 Å². The molecule has 4 aliphatic heterocycles. The van der Waals surface area contributed by atoms with Crippen LogP contribution in [0.2, 0.25) is 0 Å². The van der Waals surface area contributed by atoms with Crippen molar-refractivity contribution in [2.24, 2.45) is 149 Å². The fraction of sp³-hybridized carbons (Fsp3) is 0.914. The van der Waals surface area contributed by atoms with Crippen molar-refractivity contribution in [2.45, 2.75) is 539 Å². The molecule has 20 nitrogen and oxygen atoms in total. The molecule has 0 amide bonds. The SMILES string of the molecule is C.C.C.C.C.C.C.C.C.C.C.C.C.C.C.C.C.C.CCC(C)(C)C(=O)OC(C)(C)C12CC3CC(CC(C3)C1)C2.CCC(C)(C)C(=O)OC(C)(C)C12CC3CC(CC(C3)C1)C2.CCC(C)(C)C(=O)OC1(C)C2CC3C(=O)OC1C3C2.CCC(C)(C)C(=O)OC1(C)C2CC3C(=O)OC1C3C2.CCC(C)(C)C(=O)OC1C2CC3C(=O)OC1(C)C3C2.CCC(C)(C)C(=O)OC1C2OC(=O)C3CC1(C)CC32. The zero-order valence-electron chi connectivity index (χ0n) is 77.3. The average Bonchev–Trinajstić information content (AvgIpc) is 1.54. The molecule has 0 spiro atoms. The number of esters is 10. The van der Waals surface area contributed by atoms with E-state index in [1.165, 1.54) is 77.0 Å². The maximum absolute atomic E-state index is 12.6. The van der Waals surface area contributed by atoms with Crippen molar-refractivity contribution in [2.75, 3.05) is 0 Å². The topological polar surface area (TPSA) is 263 Å². The minimum absolute atomic E-state index is 0. The van der Waals surface area contributed by atoms with Crippen LogP contribution in [0.4, 0.5) is 0 Å². The van der Waals surface area contributed by atoms with Crippen LogP contribution >= 0.6 is 0 Å². The van der Waals surface area contributed by atoms with Gasteiger partial charge in [-0.3, -0.25) is 47.9 Å². The quantitative estimate of drug-likeness (QED) is 0.0810. The van der Waals surface area contributed by atoms with Crippen molar-refractivity contribution in [1.29, 1.82) is 0 Å². The first-order valence-corrected chi connectivity index (χ1v) is 46.7. The highest BCUT2D eigenvalue weighted by molar-refractivity contribution is 5.83. The molecule has 4 heterocycles. The Morgan fingerprint density at radius 3 is 0.904 bits per heavy atom. The van der Waals surface area contributed by atoms with Crippen LogP contribution in [0.5, 0.6) is 0 Å². The molecule has 20 heteroatoms. The second kappa shape index (κ2) is 48.4. The summed E-state index contributed by atoms with van der Waals surface area (Å²) in [6.07, 6.45) is 26.9. The third-order valence-electron chi connectivity index (χ3n) is 36.7. The molecule has 20 aliphatic rings. The Bertz CT molecular complexity index is 3640. The number of carbonyl (C=O) groups is 10. The van der Waals surface area contributed by atoms with Crippen LogP contribution in [-0.4, -0.2) is 118 Å². The van der Waals surface area contributed by atoms with Gasteiger partial charge in [0.15, 0.2) is 0 Å². The van der Waals surface area contributed by atoms with Crippen LogP contribution in [0.1, 0.15) is 481 Å². The normalized spacial score (nSPS) is 36.2. The van der Waals surface area contributed by atoms with Crippen LogP contribution in [0.15, 0.2) is 0 Å². The Morgan fingerprint density at radius 2 is 0.596 bits per heavy atom. The summed E-state index contributed by atoms with van der Waals surface area (Å²) < 4.78 is 57.5. The summed E-state index contributed by atoms with van der Waals surface area (Å²) in [6, 6.07) is 0. The molecule has 0 radical (unpaired) electrons. The van der Waals surface area contributed by atoms with Gasteiger partial charge in [0.1, 0.15) is 58.5 Å². The van der Waals surface area contributed by atoms with Crippen molar-refractivity contribution in [3.63, 3.8) is 0 Å². The molecule has 0 aromatic heterocycles. The Morgan fingerprint density at radius 1 is 0.309 bits per heavy atom. The lowest BCUT2D eigenvalue weighted by Crippen LogP contribution is -2.58. The number of fused-ring (bicyclic) bond motifs is 4. The molecular weight excluding hydrogens is 1710 g/mol. The van der Waals surface area contributed by atoms with E-state index in [0.29, 0.717) is 5.92 Å². The molecule has 16 aliphatic carbocycles. The first-order chi connectivity index (χ1) is 54.5. The Kier molecular flexibility index (Phi) is 50.3. The highest BCUT2D eigenvalue weighted by Crippen LogP contribution is 2.69. The molecule has 20 unspecified atom stereocenters. The number of rotatable bonds is 20. The van der Waals surface area contributed by atoms with Gasteiger partial charge in [-0.25, -0.2) is 0 Å². The average molecular weight is 1940 g/mol. The summed E-state index contributed by atoms with van der Waals surface area (Å²) >= 11 is 0. The fourth-order valence-electron chi connectivity index (χ4n) is 26.5. The number of hydrogen-bond acceptors (Lipinski definition) is 20. The summed E-state index contributed by atoms with van der Waals surface area (Å²) in [5.74, 6) is 6.38. The monoisotopic (exact) mass is 1940 g/mol. The summed E-state index contributed by atoms with van der Waals surface area (Å²) in [5.41, 5.74) is -4.63. The van der Waals surface area contributed by atoms with Gasteiger partial charge in [0.25, 0.3) is 0 Å². The first kappa shape index (κ1) is 141. The van der Waals surface area contributed by atoms with E-state index in [4.69, 9.17) is 47.4 Å². The lowest BCUT2D eigenvalue weighted by molar-refractivity contribution is -0.206. The van der Waals surface area contributed by atoms with Crippen LogP contribution in [0.3, 0.4) is 0 Å². The van der Waals surface area contributed by atoms with Gasteiger partial charge in [-0.05, 0) is 334 Å². The van der Waals surface area contributed by atoms with E-state index < -0.39 is 38.5 Å². The molecular formula is C116H224O20. The van der Waals surface area contributed by atoms with Crippen molar-refractivity contribution >= 4 is 59.7 Å². The molecule has 4 saturated heterocycles. The van der Waals surface area contributed by atoms with Gasteiger partial charge in [0.2, 0.25) is 0 Å². The molecule has 136 heavy (non-hydrogen) atoms. The van der Waals surface area contributed by atoms with Crippen LogP contribution in [0, 0.1) is 149 Å². The minimum Gasteiger partial charge on any atom is -0.459 e. The third kappa shape index (κ3) is 24.3. The predicted molar refractivity (Wildman–Crippen MR) is 563 cm³/mol. The Labute approximate surface area is 838 Å². The van der Waals surface area contributed by atoms with Gasteiger partial charge in [0, 0.05) is 57.7 Å². The van der Waals surface area contributed by atoms with Gasteiger partial charge < -0.3 is 47.4 Å². The second-order valence-electron chi connectivity index (χ2n) is 47.3. The molecule has 20 fully saturated rings. The van der Waals surface area contributed by atoms with Crippen LogP contribution in [0.25, 0.3) is 0 Å². The van der Waals surface area contributed by atoms with Gasteiger partial charge in [-0.1, -0.05) is 182 Å². The predicted octanol–water partition coefficient (Wildman–Crippen LogP) is 30.6. The maximum atomic E-state index is 12.6. The maximum Gasteiger partial charge on any atom is 0.312 e. The van der Waals surface area contributed by atoms with Crippen molar-refractivity contribution in [1.82, 2.24) is 0 Å². The van der Waals surface area contributed by atoms with E-state index in [-0.39, 0.29) is 321 Å². The molecule has 20 rings (SSSR count). The second-order valence-corrected chi connectivity index (χ2v) is 47.3. The lowest BCUT2D eigenvalue weighted by atomic mass is 9.46. The Balaban J connectivity index is -0.000000363. The van der Waals surface area contributed by atoms with E-state index in [0.717, 1.165) is 125 Å². The van der Waals surface area contributed by atoms with E-state index in [9.17, 15) is 47.9 Å². The molecule has 0 aromatic rings. The zero-order valence-corrected chi connectivity index (χ0v) is 77.3. The fourth-order valence-corrected chi connectivity index (χ4v) is 26.5. The van der Waals surface area contributed by atoms with Crippen LogP contribution < -0.4 is 0 Å². The summed E-state index contributed by atoms with van der Waals surface area (Å²) in [7, 11) is 0. The zero-order chi connectivity index (χ0) is 86.9. The molecule has 0 N–H and O–H groups in total. The summed E-state index contributed by atoms with van der Waals surface area (Å²) in [6.45, 7) is 52.0. The summed E-state index contributed by atoms with van der Waals surface area (Å²) in [5, 5.41) is 0. The summed E-state index contributed by atoms with van der Waals surface area (Å²) in [4.78, 5) is 121. The largest absolute Gasteiger partial charge is 0.459 e. The first-order valence-electron chi connectivity index (χ1n) is 46.7. The van der Waals surface area contributed by atoms with Gasteiger partial charge >= 0.3 is 59.7 Å². The van der Waals surface area contributed by atoms with Crippen LogP contribution in [-0.2, 0) is 95.3 Å². The lowest BCUT2D eigenvalue weighted by Gasteiger charge is -2.61. The van der Waals surface area contributed by atoms with Gasteiger partial charge in [0.05, 0.1) is 56.2 Å². The standard InChI is InChI=1S/2C19H32O2.4C15H22O4.18CH4/c2*1-6-17(2,3)16(20)21-18(4,5)19-10-13-7-14(11-19)9-15(8-13)12-19;1-5-14(2,3)13(17)19-11-10-8-6-15(11,4)7-9(8)12(16)18-10;2*1-5-14(2,3)13(17)19-15(4)8-6-9-10(7-8)12(16)18-11(9)15;1-5-14(2,3)13(17)18-11-8-6-9-10(7-8)15(11,4)19-12(9)16;;;;;;;;;;;;;;;;;;/h2*13-15H,6-12H2,1-5H3;4*8-11H,5-7H2,1-4H3;18*1H4. The van der Waals surface area contributed by atoms with E-state index >= 15 is 0 Å². The van der Waals surface area contributed by atoms with Crippen molar-refractivity contribution < 1.29 is 95.3 Å². The number of carbonyl (C=O) groups excluding carboxylic acids is 10. The molecule has 0 aromatic carbocycles. The van der Waals surface area contributed by atoms with E-state index in [1.54, 1.807) is 0 Å². The third-order valence-corrected chi connectivity index (χ3v) is 36.7. The van der Waals surface area contributed by atoms with Gasteiger partial charge in [-0.2, -0.15) is 0 Å². The molecule has 16 bridgehead atoms. The van der Waals surface area contributed by atoms with Crippen molar-refractivity contribution in [3.05, 3.63) is 0 Å². The van der Waals surface area contributed by atoms with Crippen molar-refractivity contribution in [3.8, 4) is 0 Å². The number of hydrogen-bond donors (Lipinski definition) is 0.